The number of aromatic nitrogens is 1. The molecule has 0 amide bonds. The van der Waals surface area contributed by atoms with Gasteiger partial charge in [0.05, 0.1) is 18.8 Å². The largest absolute Gasteiger partial charge is 0.475 e. The van der Waals surface area contributed by atoms with E-state index in [1.807, 2.05) is 0 Å². The first-order chi connectivity index (χ1) is 15.4. The highest BCUT2D eigenvalue weighted by atomic mass is 32.1. The number of nitrogens with one attached hydrogen (secondary N) is 1. The first-order valence-electron chi connectivity index (χ1n) is 10.2. The molecule has 32 heavy (non-hydrogen) atoms. The molecule has 4 heterocycles. The Balaban J connectivity index is 1.65. The van der Waals surface area contributed by atoms with Gasteiger partial charge in [-0.05, 0) is 30.8 Å². The highest BCUT2D eigenvalue weighted by Gasteiger charge is 2.43. The van der Waals surface area contributed by atoms with Crippen molar-refractivity contribution in [1.29, 1.82) is 0 Å². The predicted octanol–water partition coefficient (Wildman–Crippen LogP) is 3.79. The summed E-state index contributed by atoms with van der Waals surface area (Å²) in [6, 6.07) is 3.67. The lowest BCUT2D eigenvalue weighted by molar-refractivity contribution is -0.226. The summed E-state index contributed by atoms with van der Waals surface area (Å²) in [6.45, 7) is 5.43. The third-order valence-corrected chi connectivity index (χ3v) is 6.29. The summed E-state index contributed by atoms with van der Waals surface area (Å²) in [7, 11) is 1.40. The number of piperazine rings is 1. The van der Waals surface area contributed by atoms with Gasteiger partial charge in [0.15, 0.2) is 11.9 Å². The molecule has 1 aromatic carbocycles. The van der Waals surface area contributed by atoms with Crippen molar-refractivity contribution in [3.05, 3.63) is 29.3 Å². The van der Waals surface area contributed by atoms with E-state index in [2.05, 4.69) is 26.9 Å². The van der Waals surface area contributed by atoms with Crippen LogP contribution >= 0.6 is 11.3 Å². The fourth-order valence-corrected chi connectivity index (χ4v) is 4.72. The average molecular weight is 471 g/mol. The molecule has 174 valence electrons. The Morgan fingerprint density at radius 3 is 2.66 bits per heavy atom. The summed E-state index contributed by atoms with van der Waals surface area (Å²) in [6.07, 6.45) is -3.99. The molecule has 0 spiro atoms. The molecule has 3 aliphatic rings. The van der Waals surface area contributed by atoms with E-state index in [9.17, 15) is 13.2 Å². The molecule has 2 aromatic rings. The van der Waals surface area contributed by atoms with Gasteiger partial charge in [0.2, 0.25) is 0 Å². The summed E-state index contributed by atoms with van der Waals surface area (Å²) < 4.78 is 57.5. The number of methoxy groups -OCH3 is 1. The highest BCUT2D eigenvalue weighted by Crippen LogP contribution is 2.45. The lowest BCUT2D eigenvalue weighted by Gasteiger charge is -2.48. The third kappa shape index (κ3) is 5.12. The maximum Gasteiger partial charge on any atom is 0.418 e. The number of hydrogen-bond donors (Lipinski definition) is 1. The van der Waals surface area contributed by atoms with Crippen LogP contribution in [0, 0.1) is 0 Å². The molecule has 3 unspecified atom stereocenters. The molecule has 1 N–H and O–H groups in total. The van der Waals surface area contributed by atoms with Crippen LogP contribution in [-0.2, 0) is 9.47 Å². The van der Waals surface area contributed by atoms with Crippen LogP contribution in [0.3, 0.4) is 0 Å². The first kappa shape index (κ1) is 23.1. The van der Waals surface area contributed by atoms with Crippen LogP contribution < -0.4 is 10.1 Å². The van der Waals surface area contributed by atoms with E-state index in [-0.39, 0.29) is 24.5 Å². The molecular formula is C21H25F3N4O3S. The fourth-order valence-electron chi connectivity index (χ4n) is 4.07. The van der Waals surface area contributed by atoms with E-state index in [4.69, 9.17) is 14.2 Å². The molecule has 2 bridgehead atoms. The standard InChI is InChI=1S/C21H25F3N4O3S/c1-25-17-8-13(19(21(22,23)24)30-5-4-29-2)7-16(20-26-3-6-32-20)18(17)31-12-28-10-14-9-15(11-28)27-14/h3,6-8,14-15,19,27H,1,4-5,9-12H2,2H3. The van der Waals surface area contributed by atoms with Gasteiger partial charge in [-0.25, -0.2) is 4.98 Å². The van der Waals surface area contributed by atoms with Crippen molar-refractivity contribution in [2.24, 2.45) is 4.99 Å². The lowest BCUT2D eigenvalue weighted by atomic mass is 9.92. The Hall–Kier alpha value is -2.05. The number of piperidine rings is 1. The molecule has 3 saturated heterocycles. The van der Waals surface area contributed by atoms with Crippen molar-refractivity contribution < 1.29 is 27.4 Å². The van der Waals surface area contributed by atoms with Crippen molar-refractivity contribution in [3.8, 4) is 16.3 Å². The first-order valence-corrected chi connectivity index (χ1v) is 11.1. The molecule has 3 fully saturated rings. The van der Waals surface area contributed by atoms with Gasteiger partial charge in [-0.2, -0.15) is 13.2 Å². The molecule has 0 saturated carbocycles. The number of ether oxygens (including phenoxy) is 3. The van der Waals surface area contributed by atoms with Crippen LogP contribution in [0.2, 0.25) is 0 Å². The van der Waals surface area contributed by atoms with Crippen molar-refractivity contribution in [1.82, 2.24) is 15.2 Å². The van der Waals surface area contributed by atoms with Crippen LogP contribution in [0.5, 0.6) is 5.75 Å². The van der Waals surface area contributed by atoms with Crippen LogP contribution in [0.1, 0.15) is 18.1 Å². The number of halogens is 3. The van der Waals surface area contributed by atoms with E-state index < -0.39 is 12.3 Å². The number of hydrogen-bond acceptors (Lipinski definition) is 8. The Kier molecular flexibility index (Phi) is 7.11. The van der Waals surface area contributed by atoms with E-state index in [1.54, 1.807) is 11.6 Å². The minimum absolute atomic E-state index is 0.0480. The molecule has 7 nitrogen and oxygen atoms in total. The minimum Gasteiger partial charge on any atom is -0.475 e. The average Bonchev–Trinajstić information content (AvgIpc) is 3.28. The van der Waals surface area contributed by atoms with Gasteiger partial charge in [-0.3, -0.25) is 9.89 Å². The zero-order valence-electron chi connectivity index (χ0n) is 17.6. The van der Waals surface area contributed by atoms with Gasteiger partial charge in [0.1, 0.15) is 17.4 Å². The van der Waals surface area contributed by atoms with Gasteiger partial charge < -0.3 is 19.5 Å². The van der Waals surface area contributed by atoms with Gasteiger partial charge >= 0.3 is 6.18 Å². The Labute approximate surface area is 188 Å². The van der Waals surface area contributed by atoms with Crippen LogP contribution in [-0.4, -0.2) is 75.0 Å². The van der Waals surface area contributed by atoms with Crippen molar-refractivity contribution in [2.45, 2.75) is 30.8 Å². The topological polar surface area (TPSA) is 68.2 Å². The summed E-state index contributed by atoms with van der Waals surface area (Å²) in [5.74, 6) is 0.365. The maximum absolute atomic E-state index is 13.8. The molecular weight excluding hydrogens is 445 g/mol. The number of benzene rings is 1. The van der Waals surface area contributed by atoms with Gasteiger partial charge in [0.25, 0.3) is 0 Å². The third-order valence-electron chi connectivity index (χ3n) is 5.49. The molecule has 11 heteroatoms. The van der Waals surface area contributed by atoms with Crippen molar-refractivity contribution >= 4 is 23.7 Å². The number of thiazole rings is 1. The number of alkyl halides is 3. The monoisotopic (exact) mass is 470 g/mol. The summed E-state index contributed by atoms with van der Waals surface area (Å²) in [4.78, 5) is 10.4. The smallest absolute Gasteiger partial charge is 0.418 e. The second-order valence-corrected chi connectivity index (χ2v) is 8.70. The zero-order chi connectivity index (χ0) is 22.7. The van der Waals surface area contributed by atoms with E-state index in [0.29, 0.717) is 35.1 Å². The minimum atomic E-state index is -4.61. The normalized spacial score (nSPS) is 21.8. The van der Waals surface area contributed by atoms with Crippen LogP contribution in [0.25, 0.3) is 10.6 Å². The van der Waals surface area contributed by atoms with E-state index in [1.165, 1.54) is 30.6 Å². The fraction of sp³-hybridized carbons (Fsp3) is 0.524. The molecule has 1 aromatic heterocycles. The molecule has 5 rings (SSSR count). The lowest BCUT2D eigenvalue weighted by Crippen LogP contribution is -2.67. The molecule has 3 aliphatic heterocycles. The summed E-state index contributed by atoms with van der Waals surface area (Å²) >= 11 is 1.31. The van der Waals surface area contributed by atoms with Crippen molar-refractivity contribution in [3.63, 3.8) is 0 Å². The Bertz CT molecular complexity index is 910. The highest BCUT2D eigenvalue weighted by molar-refractivity contribution is 7.13. The van der Waals surface area contributed by atoms with Crippen LogP contribution in [0.4, 0.5) is 18.9 Å². The maximum atomic E-state index is 13.8. The Morgan fingerprint density at radius 2 is 2.06 bits per heavy atom. The Morgan fingerprint density at radius 1 is 1.31 bits per heavy atom. The van der Waals surface area contributed by atoms with Gasteiger partial charge in [-0.1, -0.05) is 0 Å². The summed E-state index contributed by atoms with van der Waals surface area (Å²) in [5.41, 5.74) is 0.569. The van der Waals surface area contributed by atoms with Crippen molar-refractivity contribution in [2.75, 3.05) is 40.1 Å². The number of nitrogens with zero attached hydrogens (tertiary/aromatic N) is 3. The molecule has 0 aliphatic carbocycles. The quantitative estimate of drug-likeness (QED) is 0.421. The predicted molar refractivity (Wildman–Crippen MR) is 116 cm³/mol. The SMILES string of the molecule is C=Nc1cc(C(OCCOC)C(F)(F)F)cc(-c2nccs2)c1OCN1CC2CC(C1)N2. The van der Waals surface area contributed by atoms with E-state index >= 15 is 0 Å². The number of aliphatic imine (C=N–C) groups is 1. The van der Waals surface area contributed by atoms with Gasteiger partial charge in [-0.15, -0.1) is 11.3 Å². The zero-order valence-corrected chi connectivity index (χ0v) is 18.4. The van der Waals surface area contributed by atoms with Crippen LogP contribution in [0.15, 0.2) is 28.7 Å². The number of fused-ring (bicyclic) bond motifs is 2. The molecule has 0 radical (unpaired) electrons. The second kappa shape index (κ2) is 9.84. The van der Waals surface area contributed by atoms with Gasteiger partial charge in [0, 0.05) is 43.9 Å². The van der Waals surface area contributed by atoms with E-state index in [0.717, 1.165) is 19.5 Å². The summed E-state index contributed by atoms with van der Waals surface area (Å²) in [5, 5.41) is 5.75. The second-order valence-electron chi connectivity index (χ2n) is 7.80. The molecule has 3 atom stereocenters. The number of rotatable bonds is 10.